The second-order valence-electron chi connectivity index (χ2n) is 7.66. The molecule has 5 heteroatoms. The van der Waals surface area contributed by atoms with Crippen molar-refractivity contribution in [1.82, 2.24) is 5.32 Å². The number of ether oxygens (including phenoxy) is 1. The standard InChI is InChI=1S/C26H26N2O3/c29-25(21-13-7-14-22(17-21)28-26(30)24-15-8-16-31-24)27-18-23(19-9-3-1-4-10-19)20-11-5-2-6-12-20/h1-7,9-14,17,23-24H,8,15-16,18H2,(H,27,29)(H,28,30)/t24-/m0/s1. The number of rotatable bonds is 7. The van der Waals surface area contributed by atoms with Crippen LogP contribution in [0.2, 0.25) is 0 Å². The zero-order chi connectivity index (χ0) is 21.5. The Kier molecular flexibility index (Phi) is 6.75. The maximum atomic E-state index is 12.9. The summed E-state index contributed by atoms with van der Waals surface area (Å²) in [7, 11) is 0. The van der Waals surface area contributed by atoms with Crippen LogP contribution in [0.5, 0.6) is 0 Å². The van der Waals surface area contributed by atoms with Gasteiger partial charge in [-0.3, -0.25) is 9.59 Å². The van der Waals surface area contributed by atoms with Gasteiger partial charge in [0.15, 0.2) is 0 Å². The first kappa shape index (κ1) is 20.8. The van der Waals surface area contributed by atoms with Crippen molar-refractivity contribution in [2.45, 2.75) is 24.9 Å². The molecule has 0 aliphatic carbocycles. The monoisotopic (exact) mass is 414 g/mol. The average Bonchev–Trinajstić information content (AvgIpc) is 3.36. The fraction of sp³-hybridized carbons (Fsp3) is 0.231. The van der Waals surface area contributed by atoms with E-state index in [0.29, 0.717) is 24.4 Å². The summed E-state index contributed by atoms with van der Waals surface area (Å²) < 4.78 is 5.42. The molecule has 0 unspecified atom stereocenters. The normalized spacial score (nSPS) is 15.6. The molecule has 4 rings (SSSR count). The summed E-state index contributed by atoms with van der Waals surface area (Å²) in [6, 6.07) is 27.3. The van der Waals surface area contributed by atoms with Gasteiger partial charge in [0.1, 0.15) is 6.10 Å². The Morgan fingerprint density at radius 1 is 0.903 bits per heavy atom. The third kappa shape index (κ3) is 5.38. The van der Waals surface area contributed by atoms with E-state index in [4.69, 9.17) is 4.74 Å². The van der Waals surface area contributed by atoms with E-state index in [0.717, 1.165) is 24.0 Å². The van der Waals surface area contributed by atoms with Crippen LogP contribution in [-0.4, -0.2) is 31.1 Å². The van der Waals surface area contributed by atoms with Gasteiger partial charge in [0.25, 0.3) is 11.8 Å². The fourth-order valence-electron chi connectivity index (χ4n) is 3.84. The molecule has 0 saturated carbocycles. The number of amides is 2. The molecule has 0 radical (unpaired) electrons. The van der Waals surface area contributed by atoms with Crippen molar-refractivity contribution in [2.75, 3.05) is 18.5 Å². The first-order valence-electron chi connectivity index (χ1n) is 10.6. The van der Waals surface area contributed by atoms with E-state index >= 15 is 0 Å². The lowest BCUT2D eigenvalue weighted by Gasteiger charge is -2.19. The fourth-order valence-corrected chi connectivity index (χ4v) is 3.84. The summed E-state index contributed by atoms with van der Waals surface area (Å²) >= 11 is 0. The Bertz CT molecular complexity index is 976. The smallest absolute Gasteiger partial charge is 0.253 e. The van der Waals surface area contributed by atoms with Crippen LogP contribution in [0.4, 0.5) is 5.69 Å². The zero-order valence-electron chi connectivity index (χ0n) is 17.3. The van der Waals surface area contributed by atoms with Crippen LogP contribution < -0.4 is 10.6 Å². The minimum atomic E-state index is -0.407. The van der Waals surface area contributed by atoms with Crippen LogP contribution >= 0.6 is 0 Å². The van der Waals surface area contributed by atoms with Crippen LogP contribution in [0.3, 0.4) is 0 Å². The molecule has 1 fully saturated rings. The second-order valence-corrected chi connectivity index (χ2v) is 7.66. The number of carbonyl (C=O) groups is 2. The van der Waals surface area contributed by atoms with Gasteiger partial charge < -0.3 is 15.4 Å². The van der Waals surface area contributed by atoms with Crippen molar-refractivity contribution in [1.29, 1.82) is 0 Å². The molecule has 1 aliphatic heterocycles. The molecule has 5 nitrogen and oxygen atoms in total. The van der Waals surface area contributed by atoms with E-state index in [1.54, 1.807) is 24.3 Å². The third-order valence-electron chi connectivity index (χ3n) is 5.49. The Labute approximate surface area is 182 Å². The van der Waals surface area contributed by atoms with Gasteiger partial charge in [-0.1, -0.05) is 66.7 Å². The summed E-state index contributed by atoms with van der Waals surface area (Å²) in [6.45, 7) is 1.09. The molecule has 2 amide bonds. The van der Waals surface area contributed by atoms with E-state index in [1.807, 2.05) is 36.4 Å². The Hall–Kier alpha value is -3.44. The highest BCUT2D eigenvalue weighted by atomic mass is 16.5. The van der Waals surface area contributed by atoms with Crippen molar-refractivity contribution in [2.24, 2.45) is 0 Å². The number of anilines is 1. The molecule has 0 aromatic heterocycles. The van der Waals surface area contributed by atoms with E-state index in [9.17, 15) is 9.59 Å². The number of carbonyl (C=O) groups excluding carboxylic acids is 2. The topological polar surface area (TPSA) is 67.4 Å². The highest BCUT2D eigenvalue weighted by Gasteiger charge is 2.23. The van der Waals surface area contributed by atoms with E-state index in [2.05, 4.69) is 34.9 Å². The number of benzene rings is 3. The van der Waals surface area contributed by atoms with Gasteiger partial charge in [-0.25, -0.2) is 0 Å². The minimum absolute atomic E-state index is 0.0498. The quantitative estimate of drug-likeness (QED) is 0.603. The molecule has 1 atom stereocenters. The van der Waals surface area contributed by atoms with E-state index < -0.39 is 6.10 Å². The molecule has 0 spiro atoms. The number of nitrogens with one attached hydrogen (secondary N) is 2. The van der Waals surface area contributed by atoms with Gasteiger partial charge >= 0.3 is 0 Å². The largest absolute Gasteiger partial charge is 0.368 e. The van der Waals surface area contributed by atoms with Crippen LogP contribution in [0.15, 0.2) is 84.9 Å². The van der Waals surface area contributed by atoms with Crippen LogP contribution in [0.1, 0.15) is 40.2 Å². The molecule has 1 aliphatic rings. The molecular formula is C26H26N2O3. The van der Waals surface area contributed by atoms with Gasteiger partial charge in [0, 0.05) is 30.3 Å². The molecule has 0 bridgehead atoms. The summed E-state index contributed by atoms with van der Waals surface area (Å²) in [6.07, 6.45) is 1.21. The van der Waals surface area contributed by atoms with Crippen molar-refractivity contribution < 1.29 is 14.3 Å². The summed E-state index contributed by atoms with van der Waals surface area (Å²) in [5.41, 5.74) is 3.39. The molecule has 31 heavy (non-hydrogen) atoms. The lowest BCUT2D eigenvalue weighted by atomic mass is 9.91. The zero-order valence-corrected chi connectivity index (χ0v) is 17.3. The predicted molar refractivity (Wildman–Crippen MR) is 121 cm³/mol. The summed E-state index contributed by atoms with van der Waals surface area (Å²) in [5, 5.41) is 5.91. The first-order chi connectivity index (χ1) is 15.2. The lowest BCUT2D eigenvalue weighted by Crippen LogP contribution is -2.29. The number of hydrogen-bond acceptors (Lipinski definition) is 3. The van der Waals surface area contributed by atoms with E-state index in [-0.39, 0.29) is 17.7 Å². The van der Waals surface area contributed by atoms with E-state index in [1.165, 1.54) is 0 Å². The first-order valence-corrected chi connectivity index (χ1v) is 10.6. The maximum absolute atomic E-state index is 12.9. The average molecular weight is 415 g/mol. The third-order valence-corrected chi connectivity index (χ3v) is 5.49. The molecule has 1 saturated heterocycles. The molecule has 158 valence electrons. The van der Waals surface area contributed by atoms with Crippen molar-refractivity contribution in [3.8, 4) is 0 Å². The van der Waals surface area contributed by atoms with Gasteiger partial charge in [-0.2, -0.15) is 0 Å². The Balaban J connectivity index is 1.44. The highest BCUT2D eigenvalue weighted by molar-refractivity contribution is 5.98. The van der Waals surface area contributed by atoms with Crippen LogP contribution in [0, 0.1) is 0 Å². The summed E-state index contributed by atoms with van der Waals surface area (Å²) in [5.74, 6) is -0.290. The van der Waals surface area contributed by atoms with Crippen molar-refractivity contribution in [3.63, 3.8) is 0 Å². The van der Waals surface area contributed by atoms with Gasteiger partial charge in [0.05, 0.1) is 0 Å². The SMILES string of the molecule is O=C(NCC(c1ccccc1)c1ccccc1)c1cccc(NC(=O)[C@@H]2CCCO2)c1. The second kappa shape index (κ2) is 10.0. The Morgan fingerprint density at radius 3 is 2.19 bits per heavy atom. The lowest BCUT2D eigenvalue weighted by molar-refractivity contribution is -0.124. The molecule has 2 N–H and O–H groups in total. The maximum Gasteiger partial charge on any atom is 0.253 e. The van der Waals surface area contributed by atoms with Crippen LogP contribution in [0.25, 0.3) is 0 Å². The van der Waals surface area contributed by atoms with Crippen molar-refractivity contribution >= 4 is 17.5 Å². The van der Waals surface area contributed by atoms with Gasteiger partial charge in [-0.15, -0.1) is 0 Å². The number of hydrogen-bond donors (Lipinski definition) is 2. The van der Waals surface area contributed by atoms with Gasteiger partial charge in [-0.05, 0) is 42.2 Å². The van der Waals surface area contributed by atoms with Crippen molar-refractivity contribution in [3.05, 3.63) is 102 Å². The molecular weight excluding hydrogens is 388 g/mol. The minimum Gasteiger partial charge on any atom is -0.368 e. The molecule has 3 aromatic rings. The Morgan fingerprint density at radius 2 is 1.58 bits per heavy atom. The molecule has 3 aromatic carbocycles. The predicted octanol–water partition coefficient (Wildman–Crippen LogP) is 4.37. The summed E-state index contributed by atoms with van der Waals surface area (Å²) in [4.78, 5) is 25.1. The van der Waals surface area contributed by atoms with Crippen LogP contribution in [-0.2, 0) is 9.53 Å². The van der Waals surface area contributed by atoms with Gasteiger partial charge in [0.2, 0.25) is 0 Å². The molecule has 1 heterocycles. The highest BCUT2D eigenvalue weighted by Crippen LogP contribution is 2.24.